The van der Waals surface area contributed by atoms with E-state index in [9.17, 15) is 0 Å². The van der Waals surface area contributed by atoms with Crippen molar-refractivity contribution >= 4 is 22.1 Å². The van der Waals surface area contributed by atoms with Gasteiger partial charge in [0.15, 0.2) is 4.96 Å². The van der Waals surface area contributed by atoms with E-state index in [2.05, 4.69) is 48.5 Å². The van der Waals surface area contributed by atoms with E-state index < -0.39 is 0 Å². The number of nitrogens with two attached hydrogens (primary N) is 1. The van der Waals surface area contributed by atoms with E-state index in [0.29, 0.717) is 11.7 Å². The number of thiazole rings is 1. The predicted molar refractivity (Wildman–Crippen MR) is 77.0 cm³/mol. The number of rotatable bonds is 2. The molecular formula is C14H15N3S. The SMILES string of the molecule is CC(C)c1ccc(-c2csc3nc(N)cn23)cc1. The van der Waals surface area contributed by atoms with Gasteiger partial charge in [-0.25, -0.2) is 4.98 Å². The van der Waals surface area contributed by atoms with Crippen LogP contribution in [0.2, 0.25) is 0 Å². The lowest BCUT2D eigenvalue weighted by molar-refractivity contribution is 0.867. The molecule has 0 spiro atoms. The first-order valence-electron chi connectivity index (χ1n) is 5.97. The summed E-state index contributed by atoms with van der Waals surface area (Å²) >= 11 is 1.61. The Morgan fingerprint density at radius 3 is 2.61 bits per heavy atom. The van der Waals surface area contributed by atoms with Crippen molar-refractivity contribution in [2.24, 2.45) is 0 Å². The largest absolute Gasteiger partial charge is 0.382 e. The molecular weight excluding hydrogens is 242 g/mol. The van der Waals surface area contributed by atoms with Crippen LogP contribution in [0.1, 0.15) is 25.3 Å². The van der Waals surface area contributed by atoms with Crippen molar-refractivity contribution in [3.63, 3.8) is 0 Å². The third kappa shape index (κ3) is 1.78. The molecule has 2 N–H and O–H groups in total. The number of benzene rings is 1. The number of nitrogens with zero attached hydrogens (tertiary/aromatic N) is 2. The molecule has 0 atom stereocenters. The number of nitrogen functional groups attached to an aromatic ring is 1. The van der Waals surface area contributed by atoms with Gasteiger partial charge in [0.05, 0.1) is 11.9 Å². The molecule has 92 valence electrons. The minimum Gasteiger partial charge on any atom is -0.382 e. The number of fused-ring (bicyclic) bond motifs is 1. The minimum atomic E-state index is 0.561. The molecule has 0 bridgehead atoms. The lowest BCUT2D eigenvalue weighted by atomic mass is 10.0. The van der Waals surface area contributed by atoms with Crippen LogP contribution in [-0.2, 0) is 0 Å². The molecule has 3 rings (SSSR count). The molecule has 1 aromatic carbocycles. The topological polar surface area (TPSA) is 43.3 Å². The standard InChI is InChI=1S/C14H15N3S/c1-9(2)10-3-5-11(6-4-10)12-8-18-14-16-13(15)7-17(12)14/h3-9H,15H2,1-2H3. The van der Waals surface area contributed by atoms with Gasteiger partial charge in [-0.1, -0.05) is 38.1 Å². The average Bonchev–Trinajstić information content (AvgIpc) is 2.88. The third-order valence-corrected chi connectivity index (χ3v) is 3.94. The van der Waals surface area contributed by atoms with Gasteiger partial charge < -0.3 is 5.73 Å². The number of anilines is 1. The zero-order valence-electron chi connectivity index (χ0n) is 10.4. The number of imidazole rings is 1. The molecule has 3 aromatic rings. The minimum absolute atomic E-state index is 0.561. The highest BCUT2D eigenvalue weighted by Crippen LogP contribution is 2.28. The lowest BCUT2D eigenvalue weighted by Crippen LogP contribution is -1.88. The van der Waals surface area contributed by atoms with Crippen molar-refractivity contribution in [3.05, 3.63) is 41.4 Å². The summed E-state index contributed by atoms with van der Waals surface area (Å²) in [7, 11) is 0. The van der Waals surface area contributed by atoms with Gasteiger partial charge >= 0.3 is 0 Å². The Bertz CT molecular complexity index is 677. The zero-order chi connectivity index (χ0) is 12.7. The Hall–Kier alpha value is -1.81. The second-order valence-electron chi connectivity index (χ2n) is 4.72. The van der Waals surface area contributed by atoms with Gasteiger partial charge in [-0.2, -0.15) is 0 Å². The van der Waals surface area contributed by atoms with Crippen LogP contribution < -0.4 is 5.73 Å². The Labute approximate surface area is 110 Å². The lowest BCUT2D eigenvalue weighted by Gasteiger charge is -2.06. The van der Waals surface area contributed by atoms with E-state index in [1.807, 2.05) is 10.6 Å². The Morgan fingerprint density at radius 1 is 1.22 bits per heavy atom. The zero-order valence-corrected chi connectivity index (χ0v) is 11.2. The molecule has 0 saturated carbocycles. The summed E-state index contributed by atoms with van der Waals surface area (Å²) in [6.07, 6.45) is 1.87. The molecule has 0 unspecified atom stereocenters. The molecule has 3 nitrogen and oxygen atoms in total. The van der Waals surface area contributed by atoms with Gasteiger partial charge in [0.25, 0.3) is 0 Å². The number of aromatic nitrogens is 2. The highest BCUT2D eigenvalue weighted by atomic mass is 32.1. The maximum Gasteiger partial charge on any atom is 0.196 e. The van der Waals surface area contributed by atoms with E-state index in [-0.39, 0.29) is 0 Å². The van der Waals surface area contributed by atoms with Gasteiger partial charge in [-0.3, -0.25) is 4.40 Å². The number of hydrogen-bond donors (Lipinski definition) is 1. The predicted octanol–water partition coefficient (Wildman–Crippen LogP) is 3.77. The van der Waals surface area contributed by atoms with Gasteiger partial charge in [0.1, 0.15) is 5.82 Å². The highest BCUT2D eigenvalue weighted by molar-refractivity contribution is 7.15. The van der Waals surface area contributed by atoms with Crippen LogP contribution >= 0.6 is 11.3 Å². The van der Waals surface area contributed by atoms with E-state index in [4.69, 9.17) is 5.73 Å². The van der Waals surface area contributed by atoms with Crippen molar-refractivity contribution in [2.75, 3.05) is 5.73 Å². The van der Waals surface area contributed by atoms with Crippen LogP contribution in [-0.4, -0.2) is 9.38 Å². The van der Waals surface area contributed by atoms with Gasteiger partial charge in [-0.15, -0.1) is 11.3 Å². The normalized spacial score (nSPS) is 11.5. The molecule has 2 aromatic heterocycles. The smallest absolute Gasteiger partial charge is 0.196 e. The van der Waals surface area contributed by atoms with Crippen molar-refractivity contribution < 1.29 is 0 Å². The van der Waals surface area contributed by atoms with Crippen LogP contribution in [0.4, 0.5) is 5.82 Å². The first-order valence-corrected chi connectivity index (χ1v) is 6.85. The summed E-state index contributed by atoms with van der Waals surface area (Å²) in [5.74, 6) is 1.13. The van der Waals surface area contributed by atoms with Crippen molar-refractivity contribution in [1.29, 1.82) is 0 Å². The van der Waals surface area contributed by atoms with Gasteiger partial charge in [0.2, 0.25) is 0 Å². The molecule has 2 heterocycles. The first-order chi connectivity index (χ1) is 8.65. The highest BCUT2D eigenvalue weighted by Gasteiger charge is 2.08. The summed E-state index contributed by atoms with van der Waals surface area (Å²) in [5, 5.41) is 2.12. The molecule has 0 aliphatic heterocycles. The van der Waals surface area contributed by atoms with Crippen LogP contribution in [0.3, 0.4) is 0 Å². The quantitative estimate of drug-likeness (QED) is 0.759. The first kappa shape index (κ1) is 11.3. The average molecular weight is 257 g/mol. The van der Waals surface area contributed by atoms with Crippen LogP contribution in [0.5, 0.6) is 0 Å². The van der Waals surface area contributed by atoms with E-state index in [1.165, 1.54) is 11.1 Å². The molecule has 0 fully saturated rings. The van der Waals surface area contributed by atoms with E-state index in [1.54, 1.807) is 11.3 Å². The van der Waals surface area contributed by atoms with Crippen LogP contribution in [0, 0.1) is 0 Å². The number of hydrogen-bond acceptors (Lipinski definition) is 3. The Kier molecular flexibility index (Phi) is 2.59. The maximum atomic E-state index is 5.72. The Morgan fingerprint density at radius 2 is 1.94 bits per heavy atom. The molecule has 0 amide bonds. The fourth-order valence-electron chi connectivity index (χ4n) is 2.05. The Balaban J connectivity index is 2.08. The summed E-state index contributed by atoms with van der Waals surface area (Å²) in [6, 6.07) is 8.69. The van der Waals surface area contributed by atoms with E-state index >= 15 is 0 Å². The van der Waals surface area contributed by atoms with Crippen LogP contribution in [0.15, 0.2) is 35.8 Å². The molecule has 0 aliphatic carbocycles. The molecule has 18 heavy (non-hydrogen) atoms. The van der Waals surface area contributed by atoms with Gasteiger partial charge in [-0.05, 0) is 17.0 Å². The van der Waals surface area contributed by atoms with Gasteiger partial charge in [0, 0.05) is 5.38 Å². The monoisotopic (exact) mass is 257 g/mol. The molecule has 0 saturated heterocycles. The summed E-state index contributed by atoms with van der Waals surface area (Å²) < 4.78 is 2.05. The molecule has 0 aliphatic rings. The molecule has 0 radical (unpaired) electrons. The van der Waals surface area contributed by atoms with Crippen molar-refractivity contribution in [1.82, 2.24) is 9.38 Å². The summed E-state index contributed by atoms with van der Waals surface area (Å²) in [5.41, 5.74) is 9.42. The third-order valence-electron chi connectivity index (χ3n) is 3.10. The van der Waals surface area contributed by atoms with Crippen molar-refractivity contribution in [3.8, 4) is 11.3 Å². The fraction of sp³-hybridized carbons (Fsp3) is 0.214. The summed E-state index contributed by atoms with van der Waals surface area (Å²) in [6.45, 7) is 4.41. The van der Waals surface area contributed by atoms with Crippen molar-refractivity contribution in [2.45, 2.75) is 19.8 Å². The van der Waals surface area contributed by atoms with E-state index in [0.717, 1.165) is 10.7 Å². The second-order valence-corrected chi connectivity index (χ2v) is 5.55. The second kappa shape index (κ2) is 4.14. The maximum absolute atomic E-state index is 5.72. The molecule has 4 heteroatoms. The van der Waals surface area contributed by atoms with Crippen LogP contribution in [0.25, 0.3) is 16.2 Å². The summed E-state index contributed by atoms with van der Waals surface area (Å²) in [4.78, 5) is 5.20. The fourth-order valence-corrected chi connectivity index (χ4v) is 2.94.